The summed E-state index contributed by atoms with van der Waals surface area (Å²) in [5.41, 5.74) is 0. The summed E-state index contributed by atoms with van der Waals surface area (Å²) < 4.78 is 2.04. The molecule has 19 heavy (non-hydrogen) atoms. The highest BCUT2D eigenvalue weighted by Gasteiger charge is 1.98. The van der Waals surface area contributed by atoms with Crippen LogP contribution in [0.3, 0.4) is 0 Å². The Balaban J connectivity index is 0.000000861. The number of rotatable bonds is 5. The van der Waals surface area contributed by atoms with Gasteiger partial charge in [0.05, 0.1) is 6.33 Å². The number of hydrogen-bond acceptors (Lipinski definition) is 4. The van der Waals surface area contributed by atoms with Gasteiger partial charge in [-0.15, -0.1) is 11.3 Å². The van der Waals surface area contributed by atoms with Crippen molar-refractivity contribution in [3.05, 3.63) is 30.3 Å². The standard InChI is InChI=1S/C10H13N5S2.C2H6/c16-9(14-10-13-4-7-17-10)12-2-1-5-15-6-3-11-8-15;1-2/h3-4,6-8H,1-2,5H2,(H2,12,13,14,16);1-2H3. The van der Waals surface area contributed by atoms with Crippen molar-refractivity contribution in [2.24, 2.45) is 0 Å². The molecule has 0 saturated carbocycles. The summed E-state index contributed by atoms with van der Waals surface area (Å²) in [6.45, 7) is 5.77. The normalized spacial score (nSPS) is 9.37. The number of imidazole rings is 1. The molecule has 0 atom stereocenters. The average molecular weight is 297 g/mol. The third-order valence-corrected chi connectivity index (χ3v) is 3.03. The maximum Gasteiger partial charge on any atom is 0.188 e. The number of nitrogens with one attached hydrogen (secondary N) is 2. The van der Waals surface area contributed by atoms with Crippen molar-refractivity contribution in [2.45, 2.75) is 26.8 Å². The lowest BCUT2D eigenvalue weighted by Crippen LogP contribution is -2.29. The number of nitrogens with zero attached hydrogens (tertiary/aromatic N) is 3. The second-order valence-corrected chi connectivity index (χ2v) is 4.68. The molecule has 0 amide bonds. The van der Waals surface area contributed by atoms with Crippen molar-refractivity contribution in [2.75, 3.05) is 11.9 Å². The van der Waals surface area contributed by atoms with Crippen LogP contribution >= 0.6 is 23.6 Å². The number of aryl methyl sites for hydroxylation is 1. The topological polar surface area (TPSA) is 54.8 Å². The Bertz CT molecular complexity index is 439. The van der Waals surface area contributed by atoms with Crippen LogP contribution < -0.4 is 10.6 Å². The summed E-state index contributed by atoms with van der Waals surface area (Å²) in [7, 11) is 0. The fraction of sp³-hybridized carbons (Fsp3) is 0.417. The van der Waals surface area contributed by atoms with Crippen LogP contribution in [0, 0.1) is 0 Å². The van der Waals surface area contributed by atoms with Crippen LogP contribution in [0.2, 0.25) is 0 Å². The van der Waals surface area contributed by atoms with Crippen LogP contribution in [0.4, 0.5) is 5.13 Å². The van der Waals surface area contributed by atoms with Gasteiger partial charge < -0.3 is 15.2 Å². The molecule has 2 aromatic heterocycles. The molecule has 2 aromatic rings. The Kier molecular flexibility index (Phi) is 7.76. The van der Waals surface area contributed by atoms with Gasteiger partial charge in [0.1, 0.15) is 0 Å². The molecular weight excluding hydrogens is 278 g/mol. The Labute approximate surface area is 123 Å². The van der Waals surface area contributed by atoms with Gasteiger partial charge in [-0.1, -0.05) is 13.8 Å². The minimum Gasteiger partial charge on any atom is -0.362 e. The number of thiazole rings is 1. The molecule has 0 unspecified atom stereocenters. The van der Waals surface area contributed by atoms with E-state index in [2.05, 4.69) is 20.6 Å². The van der Waals surface area contributed by atoms with Crippen molar-refractivity contribution in [1.82, 2.24) is 19.9 Å². The summed E-state index contributed by atoms with van der Waals surface area (Å²) in [6.07, 6.45) is 8.28. The zero-order chi connectivity index (χ0) is 13.9. The second kappa shape index (κ2) is 9.46. The first kappa shape index (κ1) is 15.6. The van der Waals surface area contributed by atoms with Crippen molar-refractivity contribution < 1.29 is 0 Å². The maximum atomic E-state index is 5.14. The highest BCUT2D eigenvalue weighted by atomic mass is 32.1. The molecular formula is C12H19N5S2. The van der Waals surface area contributed by atoms with Crippen molar-refractivity contribution in [3.63, 3.8) is 0 Å². The van der Waals surface area contributed by atoms with E-state index < -0.39 is 0 Å². The van der Waals surface area contributed by atoms with Gasteiger partial charge in [0.25, 0.3) is 0 Å². The molecule has 0 aromatic carbocycles. The van der Waals surface area contributed by atoms with Crippen molar-refractivity contribution in [3.8, 4) is 0 Å². The molecule has 0 fully saturated rings. The first-order chi connectivity index (χ1) is 9.34. The van der Waals surface area contributed by atoms with E-state index in [4.69, 9.17) is 12.2 Å². The third kappa shape index (κ3) is 6.30. The van der Waals surface area contributed by atoms with Gasteiger partial charge in [-0.2, -0.15) is 0 Å². The van der Waals surface area contributed by atoms with E-state index in [-0.39, 0.29) is 0 Å². The molecule has 0 bridgehead atoms. The van der Waals surface area contributed by atoms with Crippen LogP contribution in [-0.4, -0.2) is 26.2 Å². The number of thiocarbonyl (C=S) groups is 1. The van der Waals surface area contributed by atoms with E-state index in [0.29, 0.717) is 5.11 Å². The Morgan fingerprint density at radius 3 is 2.89 bits per heavy atom. The molecule has 0 aliphatic rings. The molecule has 0 aliphatic heterocycles. The van der Waals surface area contributed by atoms with E-state index in [1.165, 1.54) is 11.3 Å². The van der Waals surface area contributed by atoms with Crippen LogP contribution in [-0.2, 0) is 6.54 Å². The van der Waals surface area contributed by atoms with E-state index >= 15 is 0 Å². The SMILES string of the molecule is CC.S=C(NCCCn1ccnc1)Nc1nccs1. The molecule has 2 N–H and O–H groups in total. The van der Waals surface area contributed by atoms with E-state index in [0.717, 1.165) is 24.6 Å². The summed E-state index contributed by atoms with van der Waals surface area (Å²) in [6, 6.07) is 0. The minimum absolute atomic E-state index is 0.616. The Morgan fingerprint density at radius 2 is 2.26 bits per heavy atom. The van der Waals surface area contributed by atoms with Gasteiger partial charge in [0.2, 0.25) is 0 Å². The van der Waals surface area contributed by atoms with Crippen LogP contribution in [0.5, 0.6) is 0 Å². The molecule has 2 rings (SSSR count). The largest absolute Gasteiger partial charge is 0.362 e. The molecule has 7 heteroatoms. The van der Waals surface area contributed by atoms with Gasteiger partial charge >= 0.3 is 0 Å². The smallest absolute Gasteiger partial charge is 0.188 e. The van der Waals surface area contributed by atoms with E-state index in [9.17, 15) is 0 Å². The van der Waals surface area contributed by atoms with Crippen LogP contribution in [0.25, 0.3) is 0 Å². The quantitative estimate of drug-likeness (QED) is 0.656. The predicted octanol–water partition coefficient (Wildman–Crippen LogP) is 2.74. The summed E-state index contributed by atoms with van der Waals surface area (Å²) >= 11 is 6.67. The maximum absolute atomic E-state index is 5.14. The van der Waals surface area contributed by atoms with E-state index in [1.54, 1.807) is 12.4 Å². The first-order valence-electron chi connectivity index (χ1n) is 6.24. The summed E-state index contributed by atoms with van der Waals surface area (Å²) in [5, 5.41) is 9.50. The highest BCUT2D eigenvalue weighted by molar-refractivity contribution is 7.80. The minimum atomic E-state index is 0.616. The number of anilines is 1. The molecule has 0 radical (unpaired) electrons. The number of hydrogen-bond donors (Lipinski definition) is 2. The molecule has 0 spiro atoms. The fourth-order valence-electron chi connectivity index (χ4n) is 1.31. The molecule has 2 heterocycles. The predicted molar refractivity (Wildman–Crippen MR) is 84.5 cm³/mol. The second-order valence-electron chi connectivity index (χ2n) is 3.37. The van der Waals surface area contributed by atoms with Gasteiger partial charge in [-0.3, -0.25) is 0 Å². The zero-order valence-corrected chi connectivity index (χ0v) is 12.8. The zero-order valence-electron chi connectivity index (χ0n) is 11.2. The molecule has 0 saturated heterocycles. The van der Waals surface area contributed by atoms with Gasteiger partial charge in [-0.25, -0.2) is 9.97 Å². The van der Waals surface area contributed by atoms with Gasteiger partial charge in [0, 0.05) is 37.1 Å². The van der Waals surface area contributed by atoms with Crippen LogP contribution in [0.1, 0.15) is 20.3 Å². The lowest BCUT2D eigenvalue weighted by atomic mass is 10.4. The lowest BCUT2D eigenvalue weighted by molar-refractivity contribution is 0.632. The van der Waals surface area contributed by atoms with Crippen molar-refractivity contribution >= 4 is 33.8 Å². The third-order valence-electron chi connectivity index (χ3n) is 2.09. The highest BCUT2D eigenvalue weighted by Crippen LogP contribution is 2.09. The molecule has 104 valence electrons. The number of aromatic nitrogens is 3. The van der Waals surface area contributed by atoms with E-state index in [1.807, 2.05) is 36.3 Å². The average Bonchev–Trinajstić information content (AvgIpc) is 3.10. The summed E-state index contributed by atoms with van der Waals surface area (Å²) in [5.74, 6) is 0. The van der Waals surface area contributed by atoms with Gasteiger partial charge in [0.15, 0.2) is 10.2 Å². The van der Waals surface area contributed by atoms with Crippen LogP contribution in [0.15, 0.2) is 30.3 Å². The Morgan fingerprint density at radius 1 is 1.42 bits per heavy atom. The lowest BCUT2D eigenvalue weighted by Gasteiger charge is -2.08. The summed E-state index contributed by atoms with van der Waals surface area (Å²) in [4.78, 5) is 8.08. The fourth-order valence-corrected chi connectivity index (χ4v) is 2.11. The Hall–Kier alpha value is -1.47. The van der Waals surface area contributed by atoms with Crippen molar-refractivity contribution in [1.29, 1.82) is 0 Å². The first-order valence-corrected chi connectivity index (χ1v) is 7.53. The monoisotopic (exact) mass is 297 g/mol. The molecule has 5 nitrogen and oxygen atoms in total. The van der Waals surface area contributed by atoms with Gasteiger partial charge in [-0.05, 0) is 18.6 Å². The molecule has 0 aliphatic carbocycles.